The van der Waals surface area contributed by atoms with Gasteiger partial charge in [0.05, 0.1) is 11.7 Å². The number of hydrogen-bond acceptors (Lipinski definition) is 2. The Morgan fingerprint density at radius 2 is 2.47 bits per heavy atom. The first kappa shape index (κ1) is 10.4. The number of allylic oxidation sites excluding steroid dienone is 1. The number of pyridine rings is 1. The Bertz CT molecular complexity index is 365. The Hall–Kier alpha value is -1.15. The van der Waals surface area contributed by atoms with Crippen molar-refractivity contribution in [2.24, 2.45) is 0 Å². The summed E-state index contributed by atoms with van der Waals surface area (Å²) >= 11 is 0. The lowest BCUT2D eigenvalue weighted by molar-refractivity contribution is 0.552. The minimum absolute atomic E-state index is 0.455. The molecule has 1 N–H and O–H groups in total. The van der Waals surface area contributed by atoms with Gasteiger partial charge < -0.3 is 5.32 Å². The van der Waals surface area contributed by atoms with E-state index in [0.717, 1.165) is 13.0 Å². The van der Waals surface area contributed by atoms with E-state index in [1.54, 1.807) is 0 Å². The fourth-order valence-electron chi connectivity index (χ4n) is 2.02. The van der Waals surface area contributed by atoms with E-state index < -0.39 is 0 Å². The van der Waals surface area contributed by atoms with Crippen LogP contribution in [-0.2, 0) is 6.42 Å². The molecule has 0 saturated carbocycles. The zero-order valence-corrected chi connectivity index (χ0v) is 9.46. The third-order valence-electron chi connectivity index (χ3n) is 2.83. The molecular formula is C13H18N2. The molecule has 1 aliphatic carbocycles. The van der Waals surface area contributed by atoms with Crippen LogP contribution in [0.2, 0.25) is 0 Å². The van der Waals surface area contributed by atoms with Gasteiger partial charge in [0, 0.05) is 12.7 Å². The van der Waals surface area contributed by atoms with Crippen LogP contribution in [0.25, 0.3) is 0 Å². The van der Waals surface area contributed by atoms with Crippen molar-refractivity contribution in [1.82, 2.24) is 10.3 Å². The van der Waals surface area contributed by atoms with Crippen molar-refractivity contribution in [2.45, 2.75) is 32.7 Å². The quantitative estimate of drug-likeness (QED) is 0.762. The highest BCUT2D eigenvalue weighted by atomic mass is 14.9. The van der Waals surface area contributed by atoms with E-state index in [4.69, 9.17) is 0 Å². The molecule has 0 fully saturated rings. The number of aromatic nitrogens is 1. The number of fused-ring (bicyclic) bond motifs is 1. The topological polar surface area (TPSA) is 24.9 Å². The fraction of sp³-hybridized carbons (Fsp3) is 0.462. The average molecular weight is 202 g/mol. The van der Waals surface area contributed by atoms with Crippen molar-refractivity contribution >= 4 is 0 Å². The summed E-state index contributed by atoms with van der Waals surface area (Å²) in [5.41, 5.74) is 4.02. The highest BCUT2D eigenvalue weighted by molar-refractivity contribution is 5.27. The minimum atomic E-state index is 0.455. The molecule has 0 amide bonds. The zero-order chi connectivity index (χ0) is 10.7. The Balaban J connectivity index is 1.99. The third kappa shape index (κ3) is 2.45. The summed E-state index contributed by atoms with van der Waals surface area (Å²) in [7, 11) is 0. The van der Waals surface area contributed by atoms with Gasteiger partial charge in [-0.05, 0) is 38.3 Å². The molecule has 2 nitrogen and oxygen atoms in total. The highest BCUT2D eigenvalue weighted by Gasteiger charge is 2.22. The molecule has 1 atom stereocenters. The molecule has 0 aliphatic heterocycles. The smallest absolute Gasteiger partial charge is 0.0605 e. The van der Waals surface area contributed by atoms with Crippen LogP contribution in [-0.4, -0.2) is 11.5 Å². The molecule has 1 aliphatic rings. The van der Waals surface area contributed by atoms with Gasteiger partial charge in [0.15, 0.2) is 0 Å². The van der Waals surface area contributed by atoms with E-state index in [2.05, 4.69) is 36.3 Å². The molecule has 0 saturated heterocycles. The molecule has 0 aromatic carbocycles. The summed E-state index contributed by atoms with van der Waals surface area (Å²) in [4.78, 5) is 4.46. The fourth-order valence-corrected chi connectivity index (χ4v) is 2.02. The van der Waals surface area contributed by atoms with Crippen LogP contribution in [0.5, 0.6) is 0 Å². The van der Waals surface area contributed by atoms with E-state index in [0.29, 0.717) is 6.04 Å². The lowest BCUT2D eigenvalue weighted by atomic mass is 10.2. The van der Waals surface area contributed by atoms with Crippen LogP contribution in [0.4, 0.5) is 0 Å². The van der Waals surface area contributed by atoms with Gasteiger partial charge in [0.1, 0.15) is 0 Å². The van der Waals surface area contributed by atoms with Gasteiger partial charge in [-0.3, -0.25) is 4.98 Å². The van der Waals surface area contributed by atoms with Crippen LogP contribution in [0, 0.1) is 0 Å². The summed E-state index contributed by atoms with van der Waals surface area (Å²) < 4.78 is 0. The van der Waals surface area contributed by atoms with Gasteiger partial charge in [-0.2, -0.15) is 0 Å². The zero-order valence-electron chi connectivity index (χ0n) is 9.46. The van der Waals surface area contributed by atoms with Gasteiger partial charge in [0.2, 0.25) is 0 Å². The lowest BCUT2D eigenvalue weighted by Gasteiger charge is -2.11. The van der Waals surface area contributed by atoms with Crippen LogP contribution in [0.1, 0.15) is 37.6 Å². The highest BCUT2D eigenvalue weighted by Crippen LogP contribution is 2.28. The van der Waals surface area contributed by atoms with Crippen LogP contribution < -0.4 is 5.32 Å². The summed E-state index contributed by atoms with van der Waals surface area (Å²) in [6, 6.07) is 4.67. The molecule has 2 heteroatoms. The van der Waals surface area contributed by atoms with Gasteiger partial charge >= 0.3 is 0 Å². The molecule has 0 radical (unpaired) electrons. The largest absolute Gasteiger partial charge is 0.305 e. The predicted octanol–water partition coefficient (Wildman–Crippen LogP) is 2.62. The number of nitrogens with zero attached hydrogens (tertiary/aromatic N) is 1. The second-order valence-corrected chi connectivity index (χ2v) is 4.33. The molecular weight excluding hydrogens is 184 g/mol. The van der Waals surface area contributed by atoms with E-state index in [9.17, 15) is 0 Å². The van der Waals surface area contributed by atoms with Crippen molar-refractivity contribution < 1.29 is 0 Å². The Kier molecular flexibility index (Phi) is 3.17. The monoisotopic (exact) mass is 202 g/mol. The maximum Gasteiger partial charge on any atom is 0.0605 e. The van der Waals surface area contributed by atoms with Crippen molar-refractivity contribution in [2.75, 3.05) is 6.54 Å². The molecule has 15 heavy (non-hydrogen) atoms. The number of aryl methyl sites for hydroxylation is 1. The molecule has 2 rings (SSSR count). The first-order valence-corrected chi connectivity index (χ1v) is 5.58. The molecule has 0 bridgehead atoms. The standard InChI is InChI=1S/C13H18N2/c1-10(2)7-9-14-12-6-5-11-4-3-8-15-13(11)12/h3-4,7-8,12,14H,5-6,9H2,1-2H3. The van der Waals surface area contributed by atoms with Gasteiger partial charge in [0.25, 0.3) is 0 Å². The van der Waals surface area contributed by atoms with Gasteiger partial charge in [-0.25, -0.2) is 0 Å². The second-order valence-electron chi connectivity index (χ2n) is 4.33. The van der Waals surface area contributed by atoms with E-state index >= 15 is 0 Å². The van der Waals surface area contributed by atoms with Crippen LogP contribution in [0.15, 0.2) is 30.0 Å². The summed E-state index contributed by atoms with van der Waals surface area (Å²) in [6.07, 6.45) is 6.46. The molecule has 1 unspecified atom stereocenters. The Morgan fingerprint density at radius 1 is 1.60 bits per heavy atom. The Labute approximate surface area is 91.4 Å². The molecule has 80 valence electrons. The van der Waals surface area contributed by atoms with Crippen LogP contribution in [0.3, 0.4) is 0 Å². The van der Waals surface area contributed by atoms with Crippen LogP contribution >= 0.6 is 0 Å². The number of rotatable bonds is 3. The summed E-state index contributed by atoms with van der Waals surface area (Å²) in [5, 5.41) is 3.53. The Morgan fingerprint density at radius 3 is 3.27 bits per heavy atom. The first-order valence-electron chi connectivity index (χ1n) is 5.58. The minimum Gasteiger partial charge on any atom is -0.305 e. The molecule has 1 aromatic rings. The maximum absolute atomic E-state index is 4.46. The normalized spacial score (nSPS) is 18.7. The maximum atomic E-state index is 4.46. The lowest BCUT2D eigenvalue weighted by Crippen LogP contribution is -2.20. The number of nitrogens with one attached hydrogen (secondary N) is 1. The van der Waals surface area contributed by atoms with Crippen molar-refractivity contribution in [1.29, 1.82) is 0 Å². The van der Waals surface area contributed by atoms with Gasteiger partial charge in [-0.15, -0.1) is 0 Å². The van der Waals surface area contributed by atoms with Crippen molar-refractivity contribution in [3.63, 3.8) is 0 Å². The molecule has 1 heterocycles. The van der Waals surface area contributed by atoms with Crippen molar-refractivity contribution in [3.8, 4) is 0 Å². The third-order valence-corrected chi connectivity index (χ3v) is 2.83. The predicted molar refractivity (Wildman–Crippen MR) is 62.7 cm³/mol. The summed E-state index contributed by atoms with van der Waals surface area (Å²) in [5.74, 6) is 0. The van der Waals surface area contributed by atoms with Gasteiger partial charge in [-0.1, -0.05) is 17.7 Å². The van der Waals surface area contributed by atoms with Crippen molar-refractivity contribution in [3.05, 3.63) is 41.2 Å². The van der Waals surface area contributed by atoms with E-state index in [1.807, 2.05) is 12.3 Å². The van der Waals surface area contributed by atoms with E-state index in [1.165, 1.54) is 23.3 Å². The van der Waals surface area contributed by atoms with E-state index in [-0.39, 0.29) is 0 Å². The second kappa shape index (κ2) is 4.58. The molecule has 1 aromatic heterocycles. The summed E-state index contributed by atoms with van der Waals surface area (Å²) in [6.45, 7) is 5.20. The first-order chi connectivity index (χ1) is 7.27. The average Bonchev–Trinajstić information content (AvgIpc) is 2.62. The number of hydrogen-bond donors (Lipinski definition) is 1. The SMILES string of the molecule is CC(C)=CCNC1CCc2cccnc21. The molecule has 0 spiro atoms.